The summed E-state index contributed by atoms with van der Waals surface area (Å²) in [6.07, 6.45) is 2.69. The highest BCUT2D eigenvalue weighted by Gasteiger charge is 2.39. The lowest BCUT2D eigenvalue weighted by Crippen LogP contribution is -2.51. The summed E-state index contributed by atoms with van der Waals surface area (Å²) < 4.78 is 4.79. The van der Waals surface area contributed by atoms with Crippen molar-refractivity contribution in [3.63, 3.8) is 0 Å². The number of imidazole rings is 2. The fourth-order valence-electron chi connectivity index (χ4n) is 8.57. The van der Waals surface area contributed by atoms with E-state index in [-0.39, 0.29) is 41.6 Å². The molecule has 0 aliphatic carbocycles. The van der Waals surface area contributed by atoms with Gasteiger partial charge in [-0.2, -0.15) is 0 Å². The first kappa shape index (κ1) is 39.5. The van der Waals surface area contributed by atoms with E-state index in [2.05, 4.69) is 70.8 Å². The van der Waals surface area contributed by atoms with Crippen LogP contribution >= 0.6 is 0 Å². The number of ether oxygens (including phenoxy) is 1. The highest BCUT2D eigenvalue weighted by atomic mass is 16.5. The predicted octanol–water partition coefficient (Wildman–Crippen LogP) is 7.26. The molecular formula is C44H54N8O5. The standard InChI is InChI=1S/C44H54N8O5/c1-23(2)38(45-27(7)53)42(54)51-19-9-11-36(51)40-46-32-17-13-28(21-34(32)48-40)30-15-16-31(26(6)25(30)5)29-14-18-33-35(22-29)49-41(47-33)37-12-10-20-52(37)43(55)39(24(3)4)50-44(56)57-8/h13-18,21-24,36-39H,9-12,19-20H2,1-8H3,(H,45,53)(H,46,48)(H,47,49)(H,50,56). The monoisotopic (exact) mass is 774 g/mol. The predicted molar refractivity (Wildman–Crippen MR) is 220 cm³/mol. The first-order valence-corrected chi connectivity index (χ1v) is 20.1. The number of carbonyl (C=O) groups is 4. The molecule has 0 spiro atoms. The Hall–Kier alpha value is -5.72. The molecule has 2 aliphatic heterocycles. The summed E-state index contributed by atoms with van der Waals surface area (Å²) in [6, 6.07) is 15.2. The van der Waals surface area contributed by atoms with Gasteiger partial charge in [0.05, 0.1) is 41.3 Å². The van der Waals surface area contributed by atoms with E-state index in [4.69, 9.17) is 14.7 Å². The van der Waals surface area contributed by atoms with Gasteiger partial charge >= 0.3 is 6.09 Å². The first-order valence-electron chi connectivity index (χ1n) is 20.1. The molecule has 7 rings (SSSR count). The van der Waals surface area contributed by atoms with Crippen LogP contribution in [0.15, 0.2) is 48.5 Å². The molecule has 2 aliphatic rings. The molecule has 4 amide bonds. The van der Waals surface area contributed by atoms with Crippen molar-refractivity contribution in [2.45, 2.75) is 98.3 Å². The molecular weight excluding hydrogens is 721 g/mol. The van der Waals surface area contributed by atoms with Crippen LogP contribution in [0.1, 0.15) is 95.2 Å². The van der Waals surface area contributed by atoms with Gasteiger partial charge in [0.15, 0.2) is 0 Å². The second-order valence-corrected chi connectivity index (χ2v) is 16.3. The molecule has 0 radical (unpaired) electrons. The van der Waals surface area contributed by atoms with Gasteiger partial charge in [0.1, 0.15) is 23.7 Å². The van der Waals surface area contributed by atoms with Gasteiger partial charge < -0.3 is 35.1 Å². The number of carbonyl (C=O) groups excluding carboxylic acids is 4. The van der Waals surface area contributed by atoms with Gasteiger partial charge in [-0.1, -0.05) is 52.0 Å². The van der Waals surface area contributed by atoms with Crippen LogP contribution in [0, 0.1) is 25.7 Å². The molecule has 300 valence electrons. The maximum Gasteiger partial charge on any atom is 0.407 e. The topological polar surface area (TPSA) is 165 Å². The number of aromatic amines is 2. The number of methoxy groups -OCH3 is 1. The summed E-state index contributed by atoms with van der Waals surface area (Å²) >= 11 is 0. The molecule has 4 atom stereocenters. The lowest BCUT2D eigenvalue weighted by atomic mass is 9.90. The quantitative estimate of drug-likeness (QED) is 0.116. The zero-order chi connectivity index (χ0) is 40.7. The highest BCUT2D eigenvalue weighted by Crippen LogP contribution is 2.38. The second-order valence-electron chi connectivity index (χ2n) is 16.3. The zero-order valence-corrected chi connectivity index (χ0v) is 34.2. The maximum absolute atomic E-state index is 13.7. The van der Waals surface area contributed by atoms with E-state index in [9.17, 15) is 19.2 Å². The van der Waals surface area contributed by atoms with Crippen LogP contribution in [0.4, 0.5) is 4.79 Å². The van der Waals surface area contributed by atoms with Gasteiger partial charge in [-0.3, -0.25) is 14.4 Å². The number of aromatic nitrogens is 4. The van der Waals surface area contributed by atoms with Crippen LogP contribution < -0.4 is 10.6 Å². The van der Waals surface area contributed by atoms with Gasteiger partial charge in [-0.05, 0) is 109 Å². The Balaban J connectivity index is 1.12. The van der Waals surface area contributed by atoms with Crippen LogP contribution in [0.3, 0.4) is 0 Å². The molecule has 4 N–H and O–H groups in total. The van der Waals surface area contributed by atoms with E-state index in [1.807, 2.05) is 49.6 Å². The van der Waals surface area contributed by atoms with Crippen molar-refractivity contribution in [1.29, 1.82) is 0 Å². The van der Waals surface area contributed by atoms with Crippen LogP contribution in [0.5, 0.6) is 0 Å². The number of hydrogen-bond acceptors (Lipinski definition) is 7. The van der Waals surface area contributed by atoms with E-state index < -0.39 is 18.2 Å². The Bertz CT molecular complexity index is 2340. The smallest absolute Gasteiger partial charge is 0.407 e. The molecule has 2 aromatic heterocycles. The van der Waals surface area contributed by atoms with Crippen LogP contribution in [0.25, 0.3) is 44.3 Å². The highest BCUT2D eigenvalue weighted by molar-refractivity contribution is 5.89. The fourth-order valence-corrected chi connectivity index (χ4v) is 8.57. The lowest BCUT2D eigenvalue weighted by molar-refractivity contribution is -0.138. The third kappa shape index (κ3) is 7.71. The number of H-pyrrole nitrogens is 2. The van der Waals surface area contributed by atoms with Crippen molar-refractivity contribution in [1.82, 2.24) is 40.4 Å². The number of likely N-dealkylation sites (tertiary alicyclic amines) is 2. The molecule has 4 unspecified atom stereocenters. The van der Waals surface area contributed by atoms with Gasteiger partial charge in [0.2, 0.25) is 17.7 Å². The van der Waals surface area contributed by atoms with Crippen molar-refractivity contribution >= 4 is 45.9 Å². The minimum atomic E-state index is -0.692. The number of hydrogen-bond donors (Lipinski definition) is 4. The average molecular weight is 775 g/mol. The Morgan fingerprint density at radius 3 is 1.54 bits per heavy atom. The summed E-state index contributed by atoms with van der Waals surface area (Å²) in [6.45, 7) is 14.7. The zero-order valence-electron chi connectivity index (χ0n) is 34.2. The summed E-state index contributed by atoms with van der Waals surface area (Å²) in [4.78, 5) is 71.8. The minimum Gasteiger partial charge on any atom is -0.453 e. The van der Waals surface area contributed by atoms with Crippen molar-refractivity contribution in [2.24, 2.45) is 11.8 Å². The largest absolute Gasteiger partial charge is 0.453 e. The van der Waals surface area contributed by atoms with Crippen LogP contribution in [0.2, 0.25) is 0 Å². The maximum atomic E-state index is 13.7. The summed E-state index contributed by atoms with van der Waals surface area (Å²) in [5, 5.41) is 5.57. The first-order chi connectivity index (χ1) is 27.2. The van der Waals surface area contributed by atoms with E-state index in [0.29, 0.717) is 13.1 Å². The molecule has 2 fully saturated rings. The van der Waals surface area contributed by atoms with Crippen molar-refractivity contribution in [3.8, 4) is 22.3 Å². The Morgan fingerprint density at radius 2 is 1.14 bits per heavy atom. The lowest BCUT2D eigenvalue weighted by Gasteiger charge is -2.30. The number of nitrogens with one attached hydrogen (secondary N) is 4. The number of fused-ring (bicyclic) bond motifs is 2. The number of alkyl carbamates (subject to hydrolysis) is 1. The Labute approximate surface area is 333 Å². The van der Waals surface area contributed by atoms with E-state index in [0.717, 1.165) is 81.7 Å². The van der Waals surface area contributed by atoms with E-state index in [1.165, 1.54) is 25.2 Å². The molecule has 2 saturated heterocycles. The summed E-state index contributed by atoms with van der Waals surface area (Å²) in [5.74, 6) is 0.951. The number of rotatable bonds is 10. The van der Waals surface area contributed by atoms with Crippen molar-refractivity contribution < 1.29 is 23.9 Å². The van der Waals surface area contributed by atoms with Gasteiger partial charge in [0.25, 0.3) is 0 Å². The summed E-state index contributed by atoms with van der Waals surface area (Å²) in [5.41, 5.74) is 10.2. The SMILES string of the molecule is COC(=O)NC(C(=O)N1CCCC1c1nc2ccc(-c3ccc(-c4ccc5nc(C6CCCN6C(=O)C(NC(C)=O)C(C)C)[nH]c5c4)c(C)c3C)cc2[nH]1)C(C)C. The van der Waals surface area contributed by atoms with Gasteiger partial charge in [0, 0.05) is 20.0 Å². The molecule has 3 aromatic carbocycles. The molecule has 57 heavy (non-hydrogen) atoms. The molecule has 13 heteroatoms. The normalized spacial score (nSPS) is 18.1. The Morgan fingerprint density at radius 1 is 0.702 bits per heavy atom. The van der Waals surface area contributed by atoms with Crippen molar-refractivity contribution in [2.75, 3.05) is 20.2 Å². The van der Waals surface area contributed by atoms with E-state index >= 15 is 0 Å². The fraction of sp³-hybridized carbons (Fsp3) is 0.455. The van der Waals surface area contributed by atoms with Gasteiger partial charge in [-0.15, -0.1) is 0 Å². The second kappa shape index (κ2) is 16.0. The number of nitrogens with zero attached hydrogens (tertiary/aromatic N) is 4. The Kier molecular flexibility index (Phi) is 11.1. The molecule has 5 aromatic rings. The van der Waals surface area contributed by atoms with Crippen LogP contribution in [-0.4, -0.2) is 85.8 Å². The average Bonchev–Trinajstić information content (AvgIpc) is 4.01. The van der Waals surface area contributed by atoms with E-state index in [1.54, 1.807) is 0 Å². The molecule has 13 nitrogen and oxygen atoms in total. The molecule has 4 heterocycles. The number of amides is 4. The van der Waals surface area contributed by atoms with Gasteiger partial charge in [-0.25, -0.2) is 14.8 Å². The molecule has 0 bridgehead atoms. The molecule has 0 saturated carbocycles. The van der Waals surface area contributed by atoms with Crippen molar-refractivity contribution in [3.05, 3.63) is 71.3 Å². The summed E-state index contributed by atoms with van der Waals surface area (Å²) in [7, 11) is 1.30. The third-order valence-electron chi connectivity index (χ3n) is 11.8. The minimum absolute atomic E-state index is 0.0327. The number of benzene rings is 3. The van der Waals surface area contributed by atoms with Crippen LogP contribution in [-0.2, 0) is 19.1 Å². The third-order valence-corrected chi connectivity index (χ3v) is 11.8.